The number of aryl methyl sites for hydroxylation is 1. The first-order valence-corrected chi connectivity index (χ1v) is 5.95. The van der Waals surface area contributed by atoms with Crippen molar-refractivity contribution < 1.29 is 14.8 Å². The van der Waals surface area contributed by atoms with E-state index < -0.39 is 10.9 Å². The molecule has 0 fully saturated rings. The fourth-order valence-corrected chi connectivity index (χ4v) is 1.73. The predicted molar refractivity (Wildman–Crippen MR) is 69.0 cm³/mol. The van der Waals surface area contributed by atoms with Crippen LogP contribution in [0.5, 0.6) is 0 Å². The van der Waals surface area contributed by atoms with Gasteiger partial charge in [-0.2, -0.15) is 5.10 Å². The number of hydrogen-bond acceptors (Lipinski definition) is 5. The van der Waals surface area contributed by atoms with E-state index in [4.69, 9.17) is 5.11 Å². The van der Waals surface area contributed by atoms with Crippen LogP contribution in [0.4, 0.5) is 5.69 Å². The van der Waals surface area contributed by atoms with Crippen LogP contribution in [-0.4, -0.2) is 30.8 Å². The van der Waals surface area contributed by atoms with Gasteiger partial charge in [-0.05, 0) is 18.6 Å². The summed E-state index contributed by atoms with van der Waals surface area (Å²) in [5, 5.41) is 23.5. The van der Waals surface area contributed by atoms with Crippen LogP contribution in [0.1, 0.15) is 29.4 Å². The number of aromatic carboxylic acids is 1. The van der Waals surface area contributed by atoms with Crippen LogP contribution in [-0.2, 0) is 6.42 Å². The lowest BCUT2D eigenvalue weighted by Crippen LogP contribution is -2.06. The first-order chi connectivity index (χ1) is 9.51. The van der Waals surface area contributed by atoms with Gasteiger partial charge < -0.3 is 5.11 Å². The van der Waals surface area contributed by atoms with Gasteiger partial charge in [0, 0.05) is 5.69 Å². The molecule has 0 saturated heterocycles. The van der Waals surface area contributed by atoms with Gasteiger partial charge >= 0.3 is 11.7 Å². The molecule has 0 aliphatic rings. The first-order valence-electron chi connectivity index (χ1n) is 5.95. The number of rotatable bonds is 5. The number of carboxylic acid groups (broad SMARTS) is 1. The third kappa shape index (κ3) is 2.79. The molecule has 0 aliphatic carbocycles. The molecule has 104 valence electrons. The topological polar surface area (TPSA) is 111 Å². The fourth-order valence-electron chi connectivity index (χ4n) is 1.73. The Bertz CT molecular complexity index is 665. The van der Waals surface area contributed by atoms with Gasteiger partial charge in [0.2, 0.25) is 0 Å². The van der Waals surface area contributed by atoms with Crippen molar-refractivity contribution in [3.8, 4) is 5.82 Å². The number of nitrogens with zero attached hydrogens (tertiary/aromatic N) is 4. The van der Waals surface area contributed by atoms with Crippen LogP contribution < -0.4 is 0 Å². The van der Waals surface area contributed by atoms with Crippen molar-refractivity contribution >= 4 is 11.7 Å². The highest BCUT2D eigenvalue weighted by molar-refractivity contribution is 5.88. The average Bonchev–Trinajstić information content (AvgIpc) is 2.88. The molecule has 20 heavy (non-hydrogen) atoms. The molecule has 2 aromatic rings. The Hall–Kier alpha value is -2.77. The monoisotopic (exact) mass is 276 g/mol. The summed E-state index contributed by atoms with van der Waals surface area (Å²) in [6.45, 7) is 1.95. The lowest BCUT2D eigenvalue weighted by Gasteiger charge is -2.05. The van der Waals surface area contributed by atoms with Gasteiger partial charge in [0.15, 0.2) is 5.82 Å². The predicted octanol–water partition coefficient (Wildman–Crippen LogP) is 1.83. The van der Waals surface area contributed by atoms with Crippen molar-refractivity contribution in [3.63, 3.8) is 0 Å². The normalized spacial score (nSPS) is 10.4. The summed E-state index contributed by atoms with van der Waals surface area (Å²) in [5.41, 5.74) is 0.515. The van der Waals surface area contributed by atoms with Crippen LogP contribution in [0.25, 0.3) is 5.82 Å². The molecule has 0 saturated carbocycles. The molecule has 8 nitrogen and oxygen atoms in total. The van der Waals surface area contributed by atoms with E-state index in [0.717, 1.165) is 12.6 Å². The van der Waals surface area contributed by atoms with Crippen molar-refractivity contribution in [2.45, 2.75) is 19.8 Å². The van der Waals surface area contributed by atoms with E-state index in [1.807, 2.05) is 6.92 Å². The lowest BCUT2D eigenvalue weighted by atomic mass is 10.1. The number of carbonyl (C=O) groups is 1. The van der Waals surface area contributed by atoms with E-state index in [2.05, 4.69) is 10.1 Å². The van der Waals surface area contributed by atoms with Crippen LogP contribution in [0.2, 0.25) is 0 Å². The largest absolute Gasteiger partial charge is 0.478 e. The summed E-state index contributed by atoms with van der Waals surface area (Å²) >= 11 is 0. The fraction of sp³-hybridized carbons (Fsp3) is 0.250. The average molecular weight is 276 g/mol. The van der Waals surface area contributed by atoms with E-state index >= 15 is 0 Å². The van der Waals surface area contributed by atoms with Gasteiger partial charge in [0.05, 0.1) is 10.5 Å². The van der Waals surface area contributed by atoms with Crippen LogP contribution >= 0.6 is 0 Å². The van der Waals surface area contributed by atoms with E-state index in [9.17, 15) is 14.9 Å². The smallest absolute Gasteiger partial charge is 0.335 e. The molecular formula is C12H12N4O4. The zero-order valence-corrected chi connectivity index (χ0v) is 10.7. The SMILES string of the molecule is CCCc1cc(C(=O)O)cc(-n2cc([N+](=O)[O-])cn2)n1. The molecule has 0 bridgehead atoms. The summed E-state index contributed by atoms with van der Waals surface area (Å²) in [7, 11) is 0. The van der Waals surface area contributed by atoms with Crippen LogP contribution in [0.3, 0.4) is 0 Å². The van der Waals surface area contributed by atoms with E-state index in [-0.39, 0.29) is 17.1 Å². The molecule has 0 spiro atoms. The van der Waals surface area contributed by atoms with Crippen molar-refractivity contribution in [3.05, 3.63) is 45.9 Å². The van der Waals surface area contributed by atoms with Crippen molar-refractivity contribution in [2.24, 2.45) is 0 Å². The molecule has 1 N–H and O–H groups in total. The second-order valence-corrected chi connectivity index (χ2v) is 4.16. The van der Waals surface area contributed by atoms with E-state index in [0.29, 0.717) is 12.1 Å². The Morgan fingerprint density at radius 3 is 2.80 bits per heavy atom. The van der Waals surface area contributed by atoms with Gasteiger partial charge in [-0.1, -0.05) is 13.3 Å². The maximum Gasteiger partial charge on any atom is 0.335 e. The zero-order valence-electron chi connectivity index (χ0n) is 10.7. The number of carboxylic acids is 1. The van der Waals surface area contributed by atoms with Crippen molar-refractivity contribution in [1.82, 2.24) is 14.8 Å². The number of pyridine rings is 1. The second kappa shape index (κ2) is 5.47. The molecule has 0 unspecified atom stereocenters. The minimum absolute atomic E-state index is 0.0802. The Morgan fingerprint density at radius 2 is 2.25 bits per heavy atom. The van der Waals surface area contributed by atoms with Gasteiger partial charge in [-0.15, -0.1) is 0 Å². The number of hydrogen-bond donors (Lipinski definition) is 1. The standard InChI is InChI=1S/C12H12N4O4/c1-2-3-9-4-8(12(17)18)5-11(14-9)15-7-10(6-13-15)16(19)20/h4-7H,2-3H2,1H3,(H,17,18). The molecule has 2 heterocycles. The molecule has 8 heteroatoms. The summed E-state index contributed by atoms with van der Waals surface area (Å²) in [4.78, 5) is 25.4. The van der Waals surface area contributed by atoms with Crippen LogP contribution in [0.15, 0.2) is 24.5 Å². The third-order valence-electron chi connectivity index (χ3n) is 2.63. The highest BCUT2D eigenvalue weighted by Crippen LogP contribution is 2.15. The molecule has 0 aromatic carbocycles. The summed E-state index contributed by atoms with van der Waals surface area (Å²) < 4.78 is 1.20. The van der Waals surface area contributed by atoms with Gasteiger partial charge in [-0.25, -0.2) is 14.5 Å². The summed E-state index contributed by atoms with van der Waals surface area (Å²) in [6, 6.07) is 2.82. The number of aromatic nitrogens is 3. The minimum Gasteiger partial charge on any atom is -0.478 e. The third-order valence-corrected chi connectivity index (χ3v) is 2.63. The molecular weight excluding hydrogens is 264 g/mol. The maximum absolute atomic E-state index is 11.1. The lowest BCUT2D eigenvalue weighted by molar-refractivity contribution is -0.384. The highest BCUT2D eigenvalue weighted by atomic mass is 16.6. The minimum atomic E-state index is -1.08. The Balaban J connectivity index is 2.48. The van der Waals surface area contributed by atoms with Gasteiger partial charge in [0.1, 0.15) is 12.4 Å². The summed E-state index contributed by atoms with van der Waals surface area (Å²) in [5.74, 6) is -0.825. The Kier molecular flexibility index (Phi) is 3.74. The van der Waals surface area contributed by atoms with Crippen LogP contribution in [0, 0.1) is 10.1 Å². The number of nitro groups is 1. The Morgan fingerprint density at radius 1 is 1.50 bits per heavy atom. The first kappa shape index (κ1) is 13.7. The highest BCUT2D eigenvalue weighted by Gasteiger charge is 2.14. The maximum atomic E-state index is 11.1. The van der Waals surface area contributed by atoms with Crippen molar-refractivity contribution in [2.75, 3.05) is 0 Å². The zero-order chi connectivity index (χ0) is 14.7. The Labute approximate surface area is 113 Å². The molecule has 0 radical (unpaired) electrons. The molecule has 0 atom stereocenters. The van der Waals surface area contributed by atoms with E-state index in [1.54, 1.807) is 0 Å². The van der Waals surface area contributed by atoms with Gasteiger partial charge in [0.25, 0.3) is 0 Å². The van der Waals surface area contributed by atoms with Crippen molar-refractivity contribution in [1.29, 1.82) is 0 Å². The summed E-state index contributed by atoms with van der Waals surface area (Å²) in [6.07, 6.45) is 3.73. The molecule has 0 amide bonds. The van der Waals surface area contributed by atoms with Gasteiger partial charge in [-0.3, -0.25) is 10.1 Å². The second-order valence-electron chi connectivity index (χ2n) is 4.16. The van der Waals surface area contributed by atoms with E-state index in [1.165, 1.54) is 23.0 Å². The quantitative estimate of drug-likeness (QED) is 0.658. The molecule has 2 rings (SSSR count). The molecule has 0 aliphatic heterocycles. The molecule has 2 aromatic heterocycles.